The van der Waals surface area contributed by atoms with Crippen molar-refractivity contribution in [3.8, 4) is 0 Å². The van der Waals surface area contributed by atoms with Crippen LogP contribution in [0.4, 0.5) is 15.8 Å². The van der Waals surface area contributed by atoms with Gasteiger partial charge in [-0.05, 0) is 49.2 Å². The third-order valence-corrected chi connectivity index (χ3v) is 7.86. The van der Waals surface area contributed by atoms with Crippen molar-refractivity contribution < 1.29 is 22.4 Å². The number of likely N-dealkylation sites (tertiary alicyclic amines) is 1. The van der Waals surface area contributed by atoms with Gasteiger partial charge in [0.2, 0.25) is 11.8 Å². The van der Waals surface area contributed by atoms with Crippen LogP contribution in [0.15, 0.2) is 52.3 Å². The van der Waals surface area contributed by atoms with E-state index in [4.69, 9.17) is 0 Å². The van der Waals surface area contributed by atoms with E-state index in [0.717, 1.165) is 43.5 Å². The number of rotatable bonds is 4. The van der Waals surface area contributed by atoms with E-state index in [-0.39, 0.29) is 16.5 Å². The van der Waals surface area contributed by atoms with Crippen molar-refractivity contribution in [2.45, 2.75) is 40.7 Å². The van der Waals surface area contributed by atoms with Gasteiger partial charge in [0.1, 0.15) is 5.82 Å². The van der Waals surface area contributed by atoms with Crippen LogP contribution in [-0.4, -0.2) is 43.5 Å². The lowest BCUT2D eigenvalue weighted by atomic mass is 10.2. The molecule has 31 heavy (non-hydrogen) atoms. The molecule has 2 aromatic rings. The zero-order valence-electron chi connectivity index (χ0n) is 16.6. The molecule has 0 radical (unpaired) electrons. The minimum Gasteiger partial charge on any atom is -0.341 e. The van der Waals surface area contributed by atoms with Crippen LogP contribution in [0.2, 0.25) is 0 Å². The molecule has 164 valence electrons. The van der Waals surface area contributed by atoms with E-state index in [1.54, 1.807) is 11.0 Å². The molecule has 0 bridgehead atoms. The predicted molar refractivity (Wildman–Crippen MR) is 117 cm³/mol. The molecule has 2 N–H and O–H groups in total. The molecule has 0 aliphatic carbocycles. The number of hydrogen-bond donors (Lipinski definition) is 2. The normalized spacial score (nSPS) is 19.2. The second-order valence-electron chi connectivity index (χ2n) is 7.50. The smallest absolute Gasteiger partial charge is 0.261 e. The fourth-order valence-corrected chi connectivity index (χ4v) is 5.77. The number of nitrogens with zero attached hydrogens (tertiary/aromatic N) is 1. The van der Waals surface area contributed by atoms with Crippen molar-refractivity contribution in [3.63, 3.8) is 0 Å². The van der Waals surface area contributed by atoms with Gasteiger partial charge in [0, 0.05) is 18.0 Å². The summed E-state index contributed by atoms with van der Waals surface area (Å²) in [6, 6.07) is 9.45. The van der Waals surface area contributed by atoms with E-state index < -0.39 is 27.0 Å². The molecule has 0 spiro atoms. The first kappa shape index (κ1) is 21.6. The summed E-state index contributed by atoms with van der Waals surface area (Å²) < 4.78 is 41.0. The van der Waals surface area contributed by atoms with Crippen LogP contribution in [0.5, 0.6) is 0 Å². The van der Waals surface area contributed by atoms with Gasteiger partial charge in [-0.3, -0.25) is 14.3 Å². The Kier molecular flexibility index (Phi) is 6.19. The van der Waals surface area contributed by atoms with E-state index in [9.17, 15) is 22.4 Å². The molecule has 0 saturated carbocycles. The number of anilines is 2. The Morgan fingerprint density at radius 3 is 2.55 bits per heavy atom. The zero-order chi connectivity index (χ0) is 22.0. The Morgan fingerprint density at radius 1 is 1.10 bits per heavy atom. The van der Waals surface area contributed by atoms with Crippen LogP contribution in [-0.2, 0) is 19.6 Å². The highest BCUT2D eigenvalue weighted by Crippen LogP contribution is 2.38. The second-order valence-corrected chi connectivity index (χ2v) is 10.3. The summed E-state index contributed by atoms with van der Waals surface area (Å²) in [5, 5.41) is 1.78. The van der Waals surface area contributed by atoms with E-state index in [0.29, 0.717) is 23.7 Å². The molecule has 2 aliphatic rings. The Labute approximate surface area is 184 Å². The Balaban J connectivity index is 1.53. The summed E-state index contributed by atoms with van der Waals surface area (Å²) in [5.41, 5.74) is 0.427. The molecule has 2 aliphatic heterocycles. The van der Waals surface area contributed by atoms with Gasteiger partial charge in [-0.1, -0.05) is 18.9 Å². The third kappa shape index (κ3) is 4.85. The maximum Gasteiger partial charge on any atom is 0.261 e. The third-order valence-electron chi connectivity index (χ3n) is 5.22. The first-order chi connectivity index (χ1) is 14.8. The number of thioether (sulfide) groups is 1. The Hall–Kier alpha value is -2.59. The molecule has 2 heterocycles. The lowest BCUT2D eigenvalue weighted by Gasteiger charge is -2.28. The second kappa shape index (κ2) is 8.88. The number of benzene rings is 2. The standard InChI is InChI=1S/C21H22FN3O4S2/c22-14-6-5-7-15(12-14)24-31(28,29)16-8-9-18-17(13-16)23-20(26)19(30-18)21(27)25-10-3-1-2-4-11-25/h5-9,12-13,19,24H,1-4,10-11H2,(H,23,26)/t19-/m1/s1. The molecule has 1 atom stereocenters. The molecule has 0 aromatic heterocycles. The number of carbonyl (C=O) groups excluding carboxylic acids is 2. The summed E-state index contributed by atoms with van der Waals surface area (Å²) in [7, 11) is -3.98. The molecular formula is C21H22FN3O4S2. The monoisotopic (exact) mass is 463 g/mol. The highest BCUT2D eigenvalue weighted by atomic mass is 32.2. The minimum atomic E-state index is -3.98. The average Bonchev–Trinajstić information content (AvgIpc) is 3.01. The quantitative estimate of drug-likeness (QED) is 0.678. The number of nitrogens with one attached hydrogen (secondary N) is 2. The van der Waals surface area contributed by atoms with Gasteiger partial charge in [-0.25, -0.2) is 12.8 Å². The predicted octanol–water partition coefficient (Wildman–Crippen LogP) is 3.44. The van der Waals surface area contributed by atoms with Crippen molar-refractivity contribution in [1.29, 1.82) is 0 Å². The molecule has 2 aromatic carbocycles. The molecule has 4 rings (SSSR count). The van der Waals surface area contributed by atoms with Crippen LogP contribution in [0.1, 0.15) is 25.7 Å². The Morgan fingerprint density at radius 2 is 1.84 bits per heavy atom. The van der Waals surface area contributed by atoms with Crippen molar-refractivity contribution in [3.05, 3.63) is 48.3 Å². The fourth-order valence-electron chi connectivity index (χ4n) is 3.64. The molecule has 10 heteroatoms. The maximum absolute atomic E-state index is 13.4. The van der Waals surface area contributed by atoms with Crippen molar-refractivity contribution in [1.82, 2.24) is 4.90 Å². The van der Waals surface area contributed by atoms with E-state index in [1.165, 1.54) is 30.3 Å². The molecular weight excluding hydrogens is 441 g/mol. The molecule has 0 unspecified atom stereocenters. The number of carbonyl (C=O) groups is 2. The van der Waals surface area contributed by atoms with Gasteiger partial charge in [0.05, 0.1) is 16.3 Å². The first-order valence-electron chi connectivity index (χ1n) is 10.0. The molecule has 7 nitrogen and oxygen atoms in total. The van der Waals surface area contributed by atoms with Gasteiger partial charge in [0.25, 0.3) is 10.0 Å². The summed E-state index contributed by atoms with van der Waals surface area (Å²) in [5.74, 6) is -1.23. The van der Waals surface area contributed by atoms with Crippen LogP contribution in [0.3, 0.4) is 0 Å². The van der Waals surface area contributed by atoms with Gasteiger partial charge >= 0.3 is 0 Å². The highest BCUT2D eigenvalue weighted by molar-refractivity contribution is 8.01. The van der Waals surface area contributed by atoms with E-state index in [2.05, 4.69) is 10.0 Å². The van der Waals surface area contributed by atoms with Gasteiger partial charge < -0.3 is 10.2 Å². The summed E-state index contributed by atoms with van der Waals surface area (Å²) in [4.78, 5) is 27.8. The van der Waals surface area contributed by atoms with Crippen LogP contribution in [0.25, 0.3) is 0 Å². The van der Waals surface area contributed by atoms with Gasteiger partial charge in [-0.2, -0.15) is 0 Å². The summed E-state index contributed by atoms with van der Waals surface area (Å²) >= 11 is 1.13. The zero-order valence-corrected chi connectivity index (χ0v) is 18.3. The van der Waals surface area contributed by atoms with Crippen LogP contribution in [0, 0.1) is 5.82 Å². The highest BCUT2D eigenvalue weighted by Gasteiger charge is 2.36. The number of amides is 2. The SMILES string of the molecule is O=C1Nc2cc(S(=O)(=O)Nc3cccc(F)c3)ccc2S[C@H]1C(=O)N1CCCCCC1. The summed E-state index contributed by atoms with van der Waals surface area (Å²) in [6.07, 6.45) is 4.02. The number of hydrogen-bond acceptors (Lipinski definition) is 5. The van der Waals surface area contributed by atoms with Crippen molar-refractivity contribution in [2.24, 2.45) is 0 Å². The van der Waals surface area contributed by atoms with Gasteiger partial charge in [0.15, 0.2) is 5.25 Å². The van der Waals surface area contributed by atoms with Gasteiger partial charge in [-0.15, -0.1) is 11.8 Å². The maximum atomic E-state index is 13.4. The van der Waals surface area contributed by atoms with E-state index >= 15 is 0 Å². The van der Waals surface area contributed by atoms with Crippen LogP contribution < -0.4 is 10.0 Å². The average molecular weight is 464 g/mol. The first-order valence-corrected chi connectivity index (χ1v) is 12.4. The van der Waals surface area contributed by atoms with Crippen molar-refractivity contribution >= 4 is 45.0 Å². The summed E-state index contributed by atoms with van der Waals surface area (Å²) in [6.45, 7) is 1.30. The topological polar surface area (TPSA) is 95.6 Å². The number of halogens is 1. The Bertz CT molecular complexity index is 1120. The number of sulfonamides is 1. The molecule has 1 saturated heterocycles. The minimum absolute atomic E-state index is 0.0753. The fraction of sp³-hybridized carbons (Fsp3) is 0.333. The van der Waals surface area contributed by atoms with Crippen molar-refractivity contribution in [2.75, 3.05) is 23.1 Å². The molecule has 2 amide bonds. The lowest BCUT2D eigenvalue weighted by molar-refractivity contribution is -0.133. The molecule has 1 fully saturated rings. The van der Waals surface area contributed by atoms with E-state index in [1.807, 2.05) is 0 Å². The lowest BCUT2D eigenvalue weighted by Crippen LogP contribution is -2.45. The number of fused-ring (bicyclic) bond motifs is 1. The van der Waals surface area contributed by atoms with Crippen LogP contribution >= 0.6 is 11.8 Å². The largest absolute Gasteiger partial charge is 0.341 e.